The van der Waals surface area contributed by atoms with E-state index in [-0.39, 0.29) is 0 Å². The molecule has 0 aliphatic heterocycles. The summed E-state index contributed by atoms with van der Waals surface area (Å²) in [6.45, 7) is 2.08. The maximum absolute atomic E-state index is 4.73. The van der Waals surface area contributed by atoms with E-state index >= 15 is 0 Å². The molecule has 0 amide bonds. The van der Waals surface area contributed by atoms with Gasteiger partial charge >= 0.3 is 0 Å². The number of aromatic nitrogens is 4. The lowest BCUT2D eigenvalue weighted by Crippen LogP contribution is -1.99. The summed E-state index contributed by atoms with van der Waals surface area (Å²) in [5, 5.41) is 18.3. The minimum Gasteiger partial charge on any atom is -0.332 e. The predicted molar refractivity (Wildman–Crippen MR) is 131 cm³/mol. The van der Waals surface area contributed by atoms with Crippen LogP contribution in [0.1, 0.15) is 11.3 Å². The molecule has 0 bridgehead atoms. The predicted octanol–water partition coefficient (Wildman–Crippen LogP) is 6.80. The van der Waals surface area contributed by atoms with Crippen molar-refractivity contribution < 1.29 is 0 Å². The van der Waals surface area contributed by atoms with E-state index in [1.54, 1.807) is 34.4 Å². The Balaban J connectivity index is 1.35. The summed E-state index contributed by atoms with van der Waals surface area (Å²) in [5.74, 6) is 1.59. The van der Waals surface area contributed by atoms with E-state index in [0.717, 1.165) is 43.8 Å². The molecule has 0 aliphatic rings. The second-order valence-corrected chi connectivity index (χ2v) is 9.63. The average Bonchev–Trinajstić information content (AvgIpc) is 3.55. The van der Waals surface area contributed by atoms with Crippen LogP contribution in [0.25, 0.3) is 16.4 Å². The molecule has 0 spiro atoms. The Morgan fingerprint density at radius 2 is 1.77 bits per heavy atom. The Morgan fingerprint density at radius 3 is 2.55 bits per heavy atom. The zero-order valence-electron chi connectivity index (χ0n) is 16.7. The lowest BCUT2D eigenvalue weighted by molar-refractivity contribution is 0.886. The molecule has 3 aromatic heterocycles. The molecule has 5 rings (SSSR count). The fourth-order valence-corrected chi connectivity index (χ4v) is 5.45. The topological polar surface area (TPSA) is 55.6 Å². The Labute approximate surface area is 192 Å². The Bertz CT molecular complexity index is 1260. The van der Waals surface area contributed by atoms with Crippen LogP contribution < -0.4 is 5.32 Å². The van der Waals surface area contributed by atoms with Crippen LogP contribution in [0.2, 0.25) is 0 Å². The summed E-state index contributed by atoms with van der Waals surface area (Å²) in [6, 6.07) is 22.7. The van der Waals surface area contributed by atoms with Crippen LogP contribution in [0.4, 0.5) is 10.8 Å². The van der Waals surface area contributed by atoms with Gasteiger partial charge in [0.1, 0.15) is 0 Å². The molecule has 154 valence electrons. The van der Waals surface area contributed by atoms with E-state index in [0.29, 0.717) is 0 Å². The van der Waals surface area contributed by atoms with Gasteiger partial charge in [-0.1, -0.05) is 53.7 Å². The van der Waals surface area contributed by atoms with Crippen LogP contribution >= 0.6 is 34.4 Å². The average molecular weight is 462 g/mol. The summed E-state index contributed by atoms with van der Waals surface area (Å²) < 4.78 is 2.12. The molecular weight excluding hydrogens is 442 g/mol. The first-order valence-electron chi connectivity index (χ1n) is 9.72. The van der Waals surface area contributed by atoms with Crippen molar-refractivity contribution in [3.63, 3.8) is 0 Å². The molecule has 8 heteroatoms. The molecule has 2 aromatic carbocycles. The molecular formula is C23H19N5S3. The van der Waals surface area contributed by atoms with Gasteiger partial charge in [-0.2, -0.15) is 0 Å². The van der Waals surface area contributed by atoms with Crippen molar-refractivity contribution in [2.24, 2.45) is 0 Å². The van der Waals surface area contributed by atoms with E-state index < -0.39 is 0 Å². The van der Waals surface area contributed by atoms with Crippen LogP contribution in [0.5, 0.6) is 0 Å². The van der Waals surface area contributed by atoms with E-state index in [1.165, 1.54) is 5.56 Å². The van der Waals surface area contributed by atoms with Gasteiger partial charge in [0.15, 0.2) is 16.1 Å². The highest BCUT2D eigenvalue weighted by atomic mass is 32.2. The van der Waals surface area contributed by atoms with Gasteiger partial charge in [-0.3, -0.25) is 4.57 Å². The van der Waals surface area contributed by atoms with E-state index in [1.807, 2.05) is 24.3 Å². The van der Waals surface area contributed by atoms with Crippen LogP contribution in [0.3, 0.4) is 0 Å². The fraction of sp³-hybridized carbons (Fsp3) is 0.0870. The number of hydrogen-bond acceptors (Lipinski definition) is 7. The fourth-order valence-electron chi connectivity index (χ4n) is 3.07. The molecule has 5 aromatic rings. The molecule has 1 N–H and O–H groups in total. The molecule has 0 atom stereocenters. The normalized spacial score (nSPS) is 11.0. The number of para-hydroxylation sites is 1. The number of thioether (sulfide) groups is 1. The molecule has 0 unspecified atom stereocenters. The first kappa shape index (κ1) is 20.0. The van der Waals surface area contributed by atoms with Gasteiger partial charge < -0.3 is 5.32 Å². The highest BCUT2D eigenvalue weighted by molar-refractivity contribution is 7.98. The van der Waals surface area contributed by atoms with Gasteiger partial charge in [-0.25, -0.2) is 4.98 Å². The van der Waals surface area contributed by atoms with Crippen molar-refractivity contribution >= 4 is 45.3 Å². The van der Waals surface area contributed by atoms with Crippen LogP contribution in [0, 0.1) is 6.92 Å². The van der Waals surface area contributed by atoms with Gasteiger partial charge in [0, 0.05) is 22.5 Å². The van der Waals surface area contributed by atoms with E-state index in [2.05, 4.69) is 80.2 Å². The van der Waals surface area contributed by atoms with Crippen molar-refractivity contribution in [2.75, 3.05) is 5.32 Å². The summed E-state index contributed by atoms with van der Waals surface area (Å²) in [5.41, 5.74) is 4.36. The SMILES string of the molecule is Cc1ccc(Nc2nc(CSc3nnc(-c4cccs4)n3-c3ccccc3)cs2)cc1. The lowest BCUT2D eigenvalue weighted by atomic mass is 10.2. The van der Waals surface area contributed by atoms with Crippen molar-refractivity contribution in [3.05, 3.63) is 88.7 Å². The highest BCUT2D eigenvalue weighted by Crippen LogP contribution is 2.32. The molecule has 0 fully saturated rings. The number of benzene rings is 2. The summed E-state index contributed by atoms with van der Waals surface area (Å²) in [7, 11) is 0. The second-order valence-electron chi connectivity index (χ2n) is 6.88. The molecule has 0 radical (unpaired) electrons. The van der Waals surface area contributed by atoms with Gasteiger partial charge in [-0.05, 0) is 42.6 Å². The first-order valence-corrected chi connectivity index (χ1v) is 12.5. The van der Waals surface area contributed by atoms with Crippen molar-refractivity contribution in [1.29, 1.82) is 0 Å². The van der Waals surface area contributed by atoms with E-state index in [4.69, 9.17) is 4.98 Å². The summed E-state index contributed by atoms with van der Waals surface area (Å²) >= 11 is 4.92. The number of rotatable bonds is 7. The highest BCUT2D eigenvalue weighted by Gasteiger charge is 2.17. The zero-order chi connectivity index (χ0) is 21.0. The minimum absolute atomic E-state index is 0.724. The van der Waals surface area contributed by atoms with Gasteiger partial charge in [0.25, 0.3) is 0 Å². The third kappa shape index (κ3) is 4.56. The Kier molecular flexibility index (Phi) is 5.84. The smallest absolute Gasteiger partial charge is 0.196 e. The number of nitrogens with one attached hydrogen (secondary N) is 1. The number of anilines is 2. The standard InChI is InChI=1S/C23H19N5S3/c1-16-9-11-17(12-10-16)24-22-25-18(14-30-22)15-31-23-27-26-21(20-8-5-13-29-20)28(23)19-6-3-2-4-7-19/h2-14H,15H2,1H3,(H,24,25). The molecule has 3 heterocycles. The second kappa shape index (κ2) is 9.05. The lowest BCUT2D eigenvalue weighted by Gasteiger charge is -2.09. The molecule has 0 saturated carbocycles. The third-order valence-corrected chi connectivity index (χ3v) is 7.23. The Morgan fingerprint density at radius 1 is 0.935 bits per heavy atom. The van der Waals surface area contributed by atoms with Crippen LogP contribution in [-0.4, -0.2) is 19.7 Å². The third-order valence-electron chi connectivity index (χ3n) is 4.59. The maximum atomic E-state index is 4.73. The molecule has 0 aliphatic carbocycles. The zero-order valence-corrected chi connectivity index (χ0v) is 19.2. The number of aryl methyl sites for hydroxylation is 1. The van der Waals surface area contributed by atoms with Gasteiger partial charge in [0.05, 0.1) is 10.6 Å². The number of nitrogens with zero attached hydrogens (tertiary/aromatic N) is 4. The van der Waals surface area contributed by atoms with Gasteiger partial charge in [-0.15, -0.1) is 32.9 Å². The maximum Gasteiger partial charge on any atom is 0.196 e. The quantitative estimate of drug-likeness (QED) is 0.270. The van der Waals surface area contributed by atoms with Gasteiger partial charge in [0.2, 0.25) is 0 Å². The van der Waals surface area contributed by atoms with E-state index in [9.17, 15) is 0 Å². The van der Waals surface area contributed by atoms with Crippen molar-refractivity contribution in [3.8, 4) is 16.4 Å². The number of thiazole rings is 1. The van der Waals surface area contributed by atoms with Crippen molar-refractivity contribution in [1.82, 2.24) is 19.7 Å². The monoisotopic (exact) mass is 461 g/mol. The number of hydrogen-bond donors (Lipinski definition) is 1. The largest absolute Gasteiger partial charge is 0.332 e. The number of thiophene rings is 1. The molecule has 31 heavy (non-hydrogen) atoms. The molecule has 5 nitrogen and oxygen atoms in total. The van der Waals surface area contributed by atoms with Crippen LogP contribution in [0.15, 0.2) is 82.6 Å². The summed E-state index contributed by atoms with van der Waals surface area (Å²) in [6.07, 6.45) is 0. The minimum atomic E-state index is 0.724. The molecule has 0 saturated heterocycles. The van der Waals surface area contributed by atoms with Crippen molar-refractivity contribution in [2.45, 2.75) is 17.8 Å². The van der Waals surface area contributed by atoms with Crippen LogP contribution in [-0.2, 0) is 5.75 Å². The summed E-state index contributed by atoms with van der Waals surface area (Å²) in [4.78, 5) is 5.83. The Hall–Kier alpha value is -2.94. The first-order chi connectivity index (χ1) is 15.3.